The summed E-state index contributed by atoms with van der Waals surface area (Å²) in [6.45, 7) is 6.29. The summed E-state index contributed by atoms with van der Waals surface area (Å²) in [6, 6.07) is 0.449. The van der Waals surface area contributed by atoms with Gasteiger partial charge in [-0.25, -0.2) is 0 Å². The maximum absolute atomic E-state index is 11.1. The first-order valence-corrected chi connectivity index (χ1v) is 6.46. The molecule has 0 saturated carbocycles. The Bertz CT molecular complexity index is 197. The van der Waals surface area contributed by atoms with Gasteiger partial charge in [-0.15, -0.1) is 0 Å². The summed E-state index contributed by atoms with van der Waals surface area (Å²) < 4.78 is 9.98. The molecule has 0 aliphatic carbocycles. The second-order valence-electron chi connectivity index (χ2n) is 4.40. The zero-order valence-corrected chi connectivity index (χ0v) is 11.7. The maximum atomic E-state index is 11.1. The summed E-state index contributed by atoms with van der Waals surface area (Å²) in [5, 5.41) is 0. The van der Waals surface area contributed by atoms with Crippen LogP contribution in [-0.4, -0.2) is 50.8 Å². The number of carbonyl (C=O) groups excluding carboxylic acids is 1. The molecule has 0 aromatic heterocycles. The van der Waals surface area contributed by atoms with Gasteiger partial charge in [0.05, 0.1) is 13.2 Å². The Morgan fingerprint density at radius 1 is 1.29 bits per heavy atom. The van der Waals surface area contributed by atoms with Crippen molar-refractivity contribution < 1.29 is 14.3 Å². The smallest absolute Gasteiger partial charge is 0.305 e. The zero-order valence-electron chi connectivity index (χ0n) is 11.7. The van der Waals surface area contributed by atoms with Crippen molar-refractivity contribution in [2.45, 2.75) is 45.6 Å². The van der Waals surface area contributed by atoms with E-state index in [2.05, 4.69) is 18.9 Å². The van der Waals surface area contributed by atoms with Crippen molar-refractivity contribution in [2.75, 3.05) is 33.9 Å². The molecule has 0 amide bonds. The molecule has 0 spiro atoms. The van der Waals surface area contributed by atoms with E-state index in [0.29, 0.717) is 19.1 Å². The molecule has 0 fully saturated rings. The molecular weight excluding hydrogens is 218 g/mol. The molecule has 17 heavy (non-hydrogen) atoms. The summed E-state index contributed by atoms with van der Waals surface area (Å²) in [5.41, 5.74) is 0. The van der Waals surface area contributed by atoms with Gasteiger partial charge in [-0.2, -0.15) is 0 Å². The minimum atomic E-state index is -0.0754. The Morgan fingerprint density at radius 3 is 2.59 bits per heavy atom. The van der Waals surface area contributed by atoms with E-state index < -0.39 is 0 Å². The molecule has 0 radical (unpaired) electrons. The van der Waals surface area contributed by atoms with Crippen LogP contribution < -0.4 is 0 Å². The lowest BCUT2D eigenvalue weighted by Crippen LogP contribution is -2.33. The van der Waals surface area contributed by atoms with Crippen LogP contribution in [0.5, 0.6) is 0 Å². The lowest BCUT2D eigenvalue weighted by molar-refractivity contribution is -0.143. The summed E-state index contributed by atoms with van der Waals surface area (Å²) >= 11 is 0. The lowest BCUT2D eigenvalue weighted by atomic mass is 10.2. The molecule has 0 aromatic carbocycles. The van der Waals surface area contributed by atoms with E-state index in [1.165, 1.54) is 0 Å². The SMILES string of the molecule is CCOC(=O)CCCCCN(C)C(C)COC. The van der Waals surface area contributed by atoms with Gasteiger partial charge in [0.2, 0.25) is 0 Å². The van der Waals surface area contributed by atoms with Crippen molar-refractivity contribution in [1.29, 1.82) is 0 Å². The average Bonchev–Trinajstić information content (AvgIpc) is 2.29. The fourth-order valence-corrected chi connectivity index (χ4v) is 1.63. The molecule has 0 aliphatic heterocycles. The van der Waals surface area contributed by atoms with Crippen molar-refractivity contribution in [1.82, 2.24) is 4.90 Å². The number of unbranched alkanes of at least 4 members (excludes halogenated alkanes) is 2. The van der Waals surface area contributed by atoms with Crippen molar-refractivity contribution in [3.8, 4) is 0 Å². The van der Waals surface area contributed by atoms with E-state index >= 15 is 0 Å². The molecule has 1 unspecified atom stereocenters. The largest absolute Gasteiger partial charge is 0.466 e. The van der Waals surface area contributed by atoms with E-state index in [4.69, 9.17) is 9.47 Å². The fourth-order valence-electron chi connectivity index (χ4n) is 1.63. The summed E-state index contributed by atoms with van der Waals surface area (Å²) in [6.07, 6.45) is 3.66. The topological polar surface area (TPSA) is 38.8 Å². The Morgan fingerprint density at radius 2 is 2.00 bits per heavy atom. The highest BCUT2D eigenvalue weighted by atomic mass is 16.5. The molecule has 4 nitrogen and oxygen atoms in total. The Hall–Kier alpha value is -0.610. The fraction of sp³-hybridized carbons (Fsp3) is 0.923. The number of nitrogens with zero attached hydrogens (tertiary/aromatic N) is 1. The second kappa shape index (κ2) is 10.5. The van der Waals surface area contributed by atoms with E-state index in [-0.39, 0.29) is 5.97 Å². The van der Waals surface area contributed by atoms with E-state index in [1.54, 1.807) is 7.11 Å². The summed E-state index contributed by atoms with van der Waals surface area (Å²) in [4.78, 5) is 13.4. The van der Waals surface area contributed by atoms with Crippen molar-refractivity contribution in [3.05, 3.63) is 0 Å². The molecule has 0 rings (SSSR count). The maximum Gasteiger partial charge on any atom is 0.305 e. The molecule has 4 heteroatoms. The molecular formula is C13H27NO3. The standard InChI is InChI=1S/C13H27NO3/c1-5-17-13(15)9-7-6-8-10-14(3)12(2)11-16-4/h12H,5-11H2,1-4H3. The predicted octanol–water partition coefficient (Wildman–Crippen LogP) is 2.08. The summed E-state index contributed by atoms with van der Waals surface area (Å²) in [7, 11) is 3.83. The van der Waals surface area contributed by atoms with Gasteiger partial charge in [0, 0.05) is 19.6 Å². The van der Waals surface area contributed by atoms with E-state index in [9.17, 15) is 4.79 Å². The highest BCUT2D eigenvalue weighted by Crippen LogP contribution is 2.04. The number of likely N-dealkylation sites (N-methyl/N-ethyl adjacent to an activating group) is 1. The molecule has 0 heterocycles. The number of rotatable bonds is 10. The Kier molecular flexibility index (Phi) is 10.2. The first kappa shape index (κ1) is 16.4. The van der Waals surface area contributed by atoms with Crippen molar-refractivity contribution >= 4 is 5.97 Å². The molecule has 0 saturated heterocycles. The second-order valence-corrected chi connectivity index (χ2v) is 4.40. The van der Waals surface area contributed by atoms with Crippen LogP contribution in [0.3, 0.4) is 0 Å². The van der Waals surface area contributed by atoms with Crippen LogP contribution >= 0.6 is 0 Å². The Labute approximate surface area is 105 Å². The molecule has 0 aliphatic rings. The van der Waals surface area contributed by atoms with Gasteiger partial charge in [-0.3, -0.25) is 4.79 Å². The van der Waals surface area contributed by atoms with Crippen LogP contribution in [0.25, 0.3) is 0 Å². The predicted molar refractivity (Wildman–Crippen MR) is 69.1 cm³/mol. The third kappa shape index (κ3) is 9.12. The molecule has 0 N–H and O–H groups in total. The van der Waals surface area contributed by atoms with Gasteiger partial charge in [0.15, 0.2) is 0 Å². The monoisotopic (exact) mass is 245 g/mol. The number of hydrogen-bond donors (Lipinski definition) is 0. The van der Waals surface area contributed by atoms with Crippen LogP contribution in [0.4, 0.5) is 0 Å². The number of esters is 1. The molecule has 0 bridgehead atoms. The Balaban J connectivity index is 3.41. The van der Waals surface area contributed by atoms with Crippen LogP contribution in [0, 0.1) is 0 Å². The van der Waals surface area contributed by atoms with Gasteiger partial charge >= 0.3 is 5.97 Å². The van der Waals surface area contributed by atoms with Crippen LogP contribution in [0.15, 0.2) is 0 Å². The average molecular weight is 245 g/mol. The van der Waals surface area contributed by atoms with E-state index in [1.807, 2.05) is 6.92 Å². The molecule has 1 atom stereocenters. The first-order valence-electron chi connectivity index (χ1n) is 6.46. The summed E-state index contributed by atoms with van der Waals surface area (Å²) in [5.74, 6) is -0.0754. The molecule has 0 aromatic rings. The van der Waals surface area contributed by atoms with Crippen molar-refractivity contribution in [2.24, 2.45) is 0 Å². The first-order chi connectivity index (χ1) is 8.11. The zero-order chi connectivity index (χ0) is 13.1. The van der Waals surface area contributed by atoms with E-state index in [0.717, 1.165) is 32.4 Å². The van der Waals surface area contributed by atoms with Gasteiger partial charge in [-0.05, 0) is 40.3 Å². The third-order valence-electron chi connectivity index (χ3n) is 2.86. The van der Waals surface area contributed by atoms with Gasteiger partial charge in [0.1, 0.15) is 0 Å². The number of carbonyl (C=O) groups is 1. The minimum Gasteiger partial charge on any atom is -0.466 e. The number of ether oxygens (including phenoxy) is 2. The van der Waals surface area contributed by atoms with Gasteiger partial charge < -0.3 is 14.4 Å². The number of methoxy groups -OCH3 is 1. The van der Waals surface area contributed by atoms with Crippen LogP contribution in [0.1, 0.15) is 39.5 Å². The normalized spacial score (nSPS) is 12.8. The minimum absolute atomic E-state index is 0.0754. The highest BCUT2D eigenvalue weighted by Gasteiger charge is 2.08. The molecule has 102 valence electrons. The highest BCUT2D eigenvalue weighted by molar-refractivity contribution is 5.69. The third-order valence-corrected chi connectivity index (χ3v) is 2.86. The number of hydrogen-bond acceptors (Lipinski definition) is 4. The lowest BCUT2D eigenvalue weighted by Gasteiger charge is -2.23. The quantitative estimate of drug-likeness (QED) is 0.436. The van der Waals surface area contributed by atoms with Gasteiger partial charge in [0.25, 0.3) is 0 Å². The van der Waals surface area contributed by atoms with Gasteiger partial charge in [-0.1, -0.05) is 6.42 Å². The van der Waals surface area contributed by atoms with Crippen LogP contribution in [-0.2, 0) is 14.3 Å². The van der Waals surface area contributed by atoms with Crippen LogP contribution in [0.2, 0.25) is 0 Å². The van der Waals surface area contributed by atoms with Crippen molar-refractivity contribution in [3.63, 3.8) is 0 Å².